The highest BCUT2D eigenvalue weighted by Crippen LogP contribution is 2.38. The normalized spacial score (nSPS) is 24.8. The predicted octanol–water partition coefficient (Wildman–Crippen LogP) is 1.83. The number of urea groups is 1. The maximum atomic E-state index is 12.9. The standard InChI is InChI=1S/C20H29N5O5/c1-12(2)25-15(8-10-21-25)22-17(27)14(4)30-16(26)11-24-18(28)20(23-19(24)29)9-6-5-7-13(20)3/h8,10,12-14H,5-7,9,11H2,1-4H3,(H,22,27)(H,23,29)/t13-,14-,20-/m0/s1. The summed E-state index contributed by atoms with van der Waals surface area (Å²) in [5.74, 6) is -1.26. The fourth-order valence-corrected chi connectivity index (χ4v) is 4.11. The quantitative estimate of drug-likeness (QED) is 0.536. The van der Waals surface area contributed by atoms with E-state index in [1.807, 2.05) is 20.8 Å². The Bertz CT molecular complexity index is 850. The van der Waals surface area contributed by atoms with Crippen LogP contribution in [0.1, 0.15) is 59.4 Å². The van der Waals surface area contributed by atoms with Gasteiger partial charge in [-0.2, -0.15) is 5.10 Å². The second-order valence-corrected chi connectivity index (χ2v) is 8.32. The lowest BCUT2D eigenvalue weighted by atomic mass is 9.73. The molecular weight excluding hydrogens is 390 g/mol. The van der Waals surface area contributed by atoms with Crippen molar-refractivity contribution in [2.24, 2.45) is 5.92 Å². The molecule has 30 heavy (non-hydrogen) atoms. The number of amides is 4. The van der Waals surface area contributed by atoms with Gasteiger partial charge in [0, 0.05) is 12.1 Å². The van der Waals surface area contributed by atoms with E-state index >= 15 is 0 Å². The molecule has 2 aliphatic rings. The maximum Gasteiger partial charge on any atom is 0.327 e. The first-order valence-corrected chi connectivity index (χ1v) is 10.3. The van der Waals surface area contributed by atoms with E-state index in [-0.39, 0.29) is 12.0 Å². The predicted molar refractivity (Wildman–Crippen MR) is 107 cm³/mol. The minimum atomic E-state index is -1.10. The van der Waals surface area contributed by atoms with Crippen LogP contribution < -0.4 is 10.6 Å². The number of carbonyl (C=O) groups is 4. The summed E-state index contributed by atoms with van der Waals surface area (Å²) >= 11 is 0. The van der Waals surface area contributed by atoms with Crippen LogP contribution in [0.4, 0.5) is 10.6 Å². The third kappa shape index (κ3) is 4.03. The van der Waals surface area contributed by atoms with E-state index in [2.05, 4.69) is 15.7 Å². The molecule has 1 aliphatic heterocycles. The van der Waals surface area contributed by atoms with Crippen molar-refractivity contribution in [1.82, 2.24) is 20.0 Å². The van der Waals surface area contributed by atoms with Gasteiger partial charge in [0.1, 0.15) is 17.9 Å². The Balaban J connectivity index is 1.58. The Kier molecular flexibility index (Phi) is 6.14. The van der Waals surface area contributed by atoms with Gasteiger partial charge in [0.15, 0.2) is 6.10 Å². The van der Waals surface area contributed by atoms with Gasteiger partial charge in [0.05, 0.1) is 6.20 Å². The zero-order chi connectivity index (χ0) is 22.1. The van der Waals surface area contributed by atoms with Crippen LogP contribution in [-0.2, 0) is 19.1 Å². The fourth-order valence-electron chi connectivity index (χ4n) is 4.11. The molecule has 1 aromatic heterocycles. The molecule has 10 heteroatoms. The Morgan fingerprint density at radius 2 is 2.07 bits per heavy atom. The van der Waals surface area contributed by atoms with Crippen LogP contribution in [0, 0.1) is 5.92 Å². The van der Waals surface area contributed by atoms with Gasteiger partial charge < -0.3 is 15.4 Å². The van der Waals surface area contributed by atoms with Gasteiger partial charge in [-0.15, -0.1) is 0 Å². The molecule has 10 nitrogen and oxygen atoms in total. The van der Waals surface area contributed by atoms with Gasteiger partial charge in [-0.3, -0.25) is 19.3 Å². The molecule has 4 amide bonds. The van der Waals surface area contributed by atoms with Crippen molar-refractivity contribution in [3.63, 3.8) is 0 Å². The lowest BCUT2D eigenvalue weighted by Crippen LogP contribution is -2.54. The minimum absolute atomic E-state index is 0.000713. The minimum Gasteiger partial charge on any atom is -0.451 e. The van der Waals surface area contributed by atoms with Gasteiger partial charge in [-0.1, -0.05) is 19.8 Å². The number of ether oxygens (including phenoxy) is 1. The average Bonchev–Trinajstić information content (AvgIpc) is 3.23. The average molecular weight is 419 g/mol. The molecule has 164 valence electrons. The summed E-state index contributed by atoms with van der Waals surface area (Å²) in [5, 5.41) is 9.58. The number of nitrogens with zero attached hydrogens (tertiary/aromatic N) is 3. The van der Waals surface area contributed by atoms with E-state index in [0.717, 1.165) is 24.2 Å². The zero-order valence-electron chi connectivity index (χ0n) is 17.8. The fraction of sp³-hybridized carbons (Fsp3) is 0.650. The summed E-state index contributed by atoms with van der Waals surface area (Å²) in [6, 6.07) is 1.09. The molecule has 1 spiro atoms. The lowest BCUT2D eigenvalue weighted by Gasteiger charge is -2.36. The van der Waals surface area contributed by atoms with Crippen LogP contribution in [0.3, 0.4) is 0 Å². The molecule has 2 heterocycles. The summed E-state index contributed by atoms with van der Waals surface area (Å²) in [6.45, 7) is 6.68. The lowest BCUT2D eigenvalue weighted by molar-refractivity contribution is -0.155. The number of anilines is 1. The van der Waals surface area contributed by atoms with E-state index < -0.39 is 42.0 Å². The Morgan fingerprint density at radius 1 is 1.33 bits per heavy atom. The number of hydrogen-bond acceptors (Lipinski definition) is 6. The van der Waals surface area contributed by atoms with Gasteiger partial charge in [-0.05, 0) is 39.5 Å². The van der Waals surface area contributed by atoms with E-state index in [4.69, 9.17) is 4.74 Å². The molecule has 2 fully saturated rings. The SMILES string of the molecule is CC(C)n1nccc1NC(=O)[C@H](C)OC(=O)CN1C(=O)N[C@]2(CCCC[C@@H]2C)C1=O. The smallest absolute Gasteiger partial charge is 0.327 e. The topological polar surface area (TPSA) is 123 Å². The van der Waals surface area contributed by atoms with Crippen LogP contribution in [0.25, 0.3) is 0 Å². The van der Waals surface area contributed by atoms with E-state index in [1.165, 1.54) is 6.92 Å². The van der Waals surface area contributed by atoms with E-state index in [1.54, 1.807) is 16.9 Å². The van der Waals surface area contributed by atoms with Crippen molar-refractivity contribution in [2.75, 3.05) is 11.9 Å². The van der Waals surface area contributed by atoms with Gasteiger partial charge in [0.25, 0.3) is 11.8 Å². The van der Waals surface area contributed by atoms with E-state index in [0.29, 0.717) is 12.2 Å². The summed E-state index contributed by atoms with van der Waals surface area (Å²) in [6.07, 6.45) is 3.72. The monoisotopic (exact) mass is 419 g/mol. The van der Waals surface area contributed by atoms with Gasteiger partial charge >= 0.3 is 12.0 Å². The Morgan fingerprint density at radius 3 is 2.73 bits per heavy atom. The van der Waals surface area contributed by atoms with Crippen LogP contribution in [-0.4, -0.2) is 56.7 Å². The molecule has 1 aromatic rings. The van der Waals surface area contributed by atoms with Crippen LogP contribution in [0.5, 0.6) is 0 Å². The second-order valence-electron chi connectivity index (χ2n) is 8.32. The highest BCUT2D eigenvalue weighted by atomic mass is 16.5. The van der Waals surface area contributed by atoms with Crippen LogP contribution in [0.2, 0.25) is 0 Å². The summed E-state index contributed by atoms with van der Waals surface area (Å²) in [7, 11) is 0. The van der Waals surface area contributed by atoms with Crippen molar-refractivity contribution < 1.29 is 23.9 Å². The molecular formula is C20H29N5O5. The highest BCUT2D eigenvalue weighted by molar-refractivity contribution is 6.09. The number of imide groups is 1. The van der Waals surface area contributed by atoms with Gasteiger partial charge in [0.2, 0.25) is 0 Å². The summed E-state index contributed by atoms with van der Waals surface area (Å²) in [4.78, 5) is 50.9. The number of rotatable bonds is 6. The summed E-state index contributed by atoms with van der Waals surface area (Å²) < 4.78 is 6.80. The molecule has 0 radical (unpaired) electrons. The molecule has 0 unspecified atom stereocenters. The third-order valence-electron chi connectivity index (χ3n) is 5.88. The Hall–Kier alpha value is -2.91. The number of aromatic nitrogens is 2. The molecule has 3 atom stereocenters. The molecule has 0 aromatic carbocycles. The van der Waals surface area contributed by atoms with Gasteiger partial charge in [-0.25, -0.2) is 9.48 Å². The van der Waals surface area contributed by atoms with Crippen molar-refractivity contribution in [3.8, 4) is 0 Å². The maximum absolute atomic E-state index is 12.9. The van der Waals surface area contributed by atoms with Crippen molar-refractivity contribution in [1.29, 1.82) is 0 Å². The molecule has 1 aliphatic carbocycles. The van der Waals surface area contributed by atoms with Crippen molar-refractivity contribution in [2.45, 2.75) is 71.1 Å². The largest absolute Gasteiger partial charge is 0.451 e. The van der Waals surface area contributed by atoms with Crippen molar-refractivity contribution >= 4 is 29.6 Å². The first-order valence-electron chi connectivity index (χ1n) is 10.3. The summed E-state index contributed by atoms with van der Waals surface area (Å²) in [5.41, 5.74) is -0.937. The first-order chi connectivity index (χ1) is 14.2. The van der Waals surface area contributed by atoms with Crippen LogP contribution in [0.15, 0.2) is 12.3 Å². The number of nitrogens with one attached hydrogen (secondary N) is 2. The molecule has 0 bridgehead atoms. The Labute approximate surface area is 175 Å². The molecule has 2 N–H and O–H groups in total. The zero-order valence-corrected chi connectivity index (χ0v) is 17.8. The van der Waals surface area contributed by atoms with Crippen LogP contribution >= 0.6 is 0 Å². The highest BCUT2D eigenvalue weighted by Gasteiger charge is 2.55. The number of hydrogen-bond donors (Lipinski definition) is 2. The second kappa shape index (κ2) is 8.45. The third-order valence-corrected chi connectivity index (χ3v) is 5.88. The number of carbonyl (C=O) groups excluding carboxylic acids is 4. The van der Waals surface area contributed by atoms with Crippen molar-refractivity contribution in [3.05, 3.63) is 12.3 Å². The molecule has 3 rings (SSSR count). The first kappa shape index (κ1) is 21.8. The molecule has 1 saturated carbocycles. The number of esters is 1. The van der Waals surface area contributed by atoms with E-state index in [9.17, 15) is 19.2 Å². The molecule has 1 saturated heterocycles.